The molecule has 0 saturated heterocycles. The summed E-state index contributed by atoms with van der Waals surface area (Å²) >= 11 is 6.27. The van der Waals surface area contributed by atoms with Crippen LogP contribution in [0.3, 0.4) is 0 Å². The monoisotopic (exact) mass is 343 g/mol. The van der Waals surface area contributed by atoms with E-state index >= 15 is 0 Å². The lowest BCUT2D eigenvalue weighted by Crippen LogP contribution is -2.31. The molecule has 1 amide bonds. The van der Waals surface area contributed by atoms with Gasteiger partial charge in [0.05, 0.1) is 22.7 Å². The number of aromatic nitrogens is 3. The van der Waals surface area contributed by atoms with Gasteiger partial charge in [0.2, 0.25) is 5.82 Å². The van der Waals surface area contributed by atoms with Crippen LogP contribution in [0.4, 0.5) is 0 Å². The van der Waals surface area contributed by atoms with E-state index in [-0.39, 0.29) is 17.6 Å². The number of hydrogen-bond donors (Lipinski definition) is 0. The van der Waals surface area contributed by atoms with E-state index in [0.29, 0.717) is 17.5 Å². The summed E-state index contributed by atoms with van der Waals surface area (Å²) in [5.41, 5.74) is 0.723. The third-order valence-corrected chi connectivity index (χ3v) is 4.28. The van der Waals surface area contributed by atoms with Crippen molar-refractivity contribution in [2.75, 3.05) is 13.6 Å². The fraction of sp³-hybridized carbons (Fsp3) is 0.412. The molecule has 1 aliphatic rings. The minimum Gasteiger partial charge on any atom is -0.338 e. The average molecular weight is 344 g/mol. The molecule has 0 bridgehead atoms. The van der Waals surface area contributed by atoms with Crippen molar-refractivity contribution in [2.45, 2.75) is 25.7 Å². The van der Waals surface area contributed by atoms with Gasteiger partial charge in [-0.2, -0.15) is 5.26 Å². The third-order valence-electron chi connectivity index (χ3n) is 3.96. The largest absolute Gasteiger partial charge is 0.338 e. The Morgan fingerprint density at radius 1 is 1.50 bits per heavy atom. The highest BCUT2D eigenvalue weighted by molar-refractivity contribution is 6.32. The van der Waals surface area contributed by atoms with Crippen molar-refractivity contribution in [2.24, 2.45) is 5.92 Å². The number of amides is 1. The van der Waals surface area contributed by atoms with E-state index in [0.717, 1.165) is 24.4 Å². The number of carbonyl (C=O) groups is 1. The van der Waals surface area contributed by atoms with Crippen LogP contribution in [0.15, 0.2) is 24.3 Å². The molecule has 24 heavy (non-hydrogen) atoms. The molecule has 7 heteroatoms. The Morgan fingerprint density at radius 3 is 2.83 bits per heavy atom. The average Bonchev–Trinajstić information content (AvgIpc) is 3.33. The molecule has 0 aliphatic heterocycles. The highest BCUT2D eigenvalue weighted by Gasteiger charge is 2.32. The van der Waals surface area contributed by atoms with Crippen molar-refractivity contribution in [1.82, 2.24) is 19.7 Å². The van der Waals surface area contributed by atoms with Crippen LogP contribution in [-0.4, -0.2) is 39.2 Å². The highest BCUT2D eigenvalue weighted by atomic mass is 35.5. The van der Waals surface area contributed by atoms with Crippen molar-refractivity contribution < 1.29 is 4.79 Å². The van der Waals surface area contributed by atoms with E-state index in [4.69, 9.17) is 16.9 Å². The van der Waals surface area contributed by atoms with Gasteiger partial charge < -0.3 is 4.90 Å². The maximum Gasteiger partial charge on any atom is 0.293 e. The van der Waals surface area contributed by atoms with Crippen molar-refractivity contribution >= 4 is 17.5 Å². The first-order chi connectivity index (χ1) is 11.5. The lowest BCUT2D eigenvalue weighted by Gasteiger charge is -2.16. The third kappa shape index (κ3) is 3.26. The van der Waals surface area contributed by atoms with Crippen LogP contribution in [0.5, 0.6) is 0 Å². The van der Waals surface area contributed by atoms with Gasteiger partial charge in [-0.15, -0.1) is 5.10 Å². The van der Waals surface area contributed by atoms with Crippen LogP contribution in [0.2, 0.25) is 5.02 Å². The summed E-state index contributed by atoms with van der Waals surface area (Å²) in [6.07, 6.45) is 2.08. The fourth-order valence-corrected chi connectivity index (χ4v) is 2.74. The van der Waals surface area contributed by atoms with E-state index in [2.05, 4.69) is 16.2 Å². The Balaban J connectivity index is 1.94. The van der Waals surface area contributed by atoms with Crippen LogP contribution in [0.1, 0.15) is 42.1 Å². The zero-order valence-corrected chi connectivity index (χ0v) is 14.4. The van der Waals surface area contributed by atoms with Crippen molar-refractivity contribution in [3.8, 4) is 11.8 Å². The topological polar surface area (TPSA) is 74.8 Å². The summed E-state index contributed by atoms with van der Waals surface area (Å²) in [5, 5.41) is 13.9. The fourth-order valence-electron chi connectivity index (χ4n) is 2.53. The number of benzene rings is 1. The summed E-state index contributed by atoms with van der Waals surface area (Å²) in [6, 6.07) is 9.50. The van der Waals surface area contributed by atoms with Crippen molar-refractivity contribution in [3.05, 3.63) is 40.9 Å². The predicted octanol–water partition coefficient (Wildman–Crippen LogP) is 3.03. The summed E-state index contributed by atoms with van der Waals surface area (Å²) in [4.78, 5) is 18.5. The summed E-state index contributed by atoms with van der Waals surface area (Å²) in [7, 11) is 1.66. The summed E-state index contributed by atoms with van der Waals surface area (Å²) in [5.74, 6) is 0.702. The Labute approximate surface area is 145 Å². The molecule has 0 spiro atoms. The highest BCUT2D eigenvalue weighted by Crippen LogP contribution is 2.40. The minimum atomic E-state index is -0.287. The van der Waals surface area contributed by atoms with E-state index in [1.807, 2.05) is 18.2 Å². The van der Waals surface area contributed by atoms with E-state index in [1.165, 1.54) is 4.90 Å². The summed E-state index contributed by atoms with van der Waals surface area (Å²) < 4.78 is 1.68. The number of para-hydroxylation sites is 1. The number of halogens is 1. The van der Waals surface area contributed by atoms with Crippen LogP contribution >= 0.6 is 11.6 Å². The zero-order chi connectivity index (χ0) is 17.3. The minimum absolute atomic E-state index is 0.143. The quantitative estimate of drug-likeness (QED) is 0.836. The van der Waals surface area contributed by atoms with Crippen molar-refractivity contribution in [1.29, 1.82) is 5.26 Å². The molecular formula is C17H18ClN5O. The summed E-state index contributed by atoms with van der Waals surface area (Å²) in [6.45, 7) is 2.11. The predicted molar refractivity (Wildman–Crippen MR) is 90.1 cm³/mol. The first-order valence-electron chi connectivity index (χ1n) is 7.88. The van der Waals surface area contributed by atoms with Gasteiger partial charge in [-0.1, -0.05) is 23.7 Å². The van der Waals surface area contributed by atoms with Gasteiger partial charge in [-0.3, -0.25) is 4.79 Å². The number of nitrogens with zero attached hydrogens (tertiary/aromatic N) is 5. The zero-order valence-electron chi connectivity index (χ0n) is 13.6. The van der Waals surface area contributed by atoms with Crippen LogP contribution < -0.4 is 0 Å². The molecule has 2 aromatic rings. The van der Waals surface area contributed by atoms with Gasteiger partial charge in [-0.25, -0.2) is 9.67 Å². The SMILES string of the molecule is C[C@@H](C#N)CN(C)C(=O)c1nc(C2CC2)n(-c2ccccc2Cl)n1. The molecule has 3 rings (SSSR count). The Morgan fingerprint density at radius 2 is 2.21 bits per heavy atom. The molecule has 1 aliphatic carbocycles. The second-order valence-corrected chi connectivity index (χ2v) is 6.55. The lowest BCUT2D eigenvalue weighted by molar-refractivity contribution is 0.0773. The van der Waals surface area contributed by atoms with Gasteiger partial charge in [0.15, 0.2) is 0 Å². The van der Waals surface area contributed by atoms with E-state index < -0.39 is 0 Å². The van der Waals surface area contributed by atoms with Crippen LogP contribution in [0, 0.1) is 17.2 Å². The number of hydrogen-bond acceptors (Lipinski definition) is 4. The van der Waals surface area contributed by atoms with Crippen LogP contribution in [0.25, 0.3) is 5.69 Å². The Bertz CT molecular complexity index is 806. The van der Waals surface area contributed by atoms with Gasteiger partial charge in [0, 0.05) is 19.5 Å². The molecule has 1 aromatic heterocycles. The molecular weight excluding hydrogens is 326 g/mol. The maximum absolute atomic E-state index is 12.6. The first kappa shape index (κ1) is 16.5. The molecule has 1 fully saturated rings. The molecule has 0 N–H and O–H groups in total. The van der Waals surface area contributed by atoms with Crippen molar-refractivity contribution in [3.63, 3.8) is 0 Å². The second kappa shape index (κ2) is 6.62. The molecule has 0 radical (unpaired) electrons. The van der Waals surface area contributed by atoms with Gasteiger partial charge in [0.1, 0.15) is 5.82 Å². The van der Waals surface area contributed by atoms with Gasteiger partial charge in [-0.05, 0) is 31.9 Å². The van der Waals surface area contributed by atoms with E-state index in [1.54, 1.807) is 24.7 Å². The molecule has 1 aromatic carbocycles. The second-order valence-electron chi connectivity index (χ2n) is 6.15. The number of rotatable bonds is 5. The Kier molecular flexibility index (Phi) is 4.54. The molecule has 1 saturated carbocycles. The van der Waals surface area contributed by atoms with Gasteiger partial charge >= 0.3 is 0 Å². The number of nitriles is 1. The maximum atomic E-state index is 12.6. The smallest absolute Gasteiger partial charge is 0.293 e. The van der Waals surface area contributed by atoms with Gasteiger partial charge in [0.25, 0.3) is 5.91 Å². The van der Waals surface area contributed by atoms with E-state index in [9.17, 15) is 4.79 Å². The Hall–Kier alpha value is -2.39. The first-order valence-corrected chi connectivity index (χ1v) is 8.26. The van der Waals surface area contributed by atoms with Crippen LogP contribution in [-0.2, 0) is 0 Å². The molecule has 1 atom stereocenters. The molecule has 124 valence electrons. The number of carbonyl (C=O) groups excluding carboxylic acids is 1. The molecule has 6 nitrogen and oxygen atoms in total. The standard InChI is InChI=1S/C17H18ClN5O/c1-11(9-19)10-22(2)17(24)15-20-16(12-7-8-12)23(21-15)14-6-4-3-5-13(14)18/h3-6,11-12H,7-8,10H2,1-2H3/t11-/m0/s1. The normalized spacial score (nSPS) is 14.9. The lowest BCUT2D eigenvalue weighted by atomic mass is 10.2. The molecule has 0 unspecified atom stereocenters. The molecule has 1 heterocycles.